The van der Waals surface area contributed by atoms with Crippen molar-refractivity contribution in [1.82, 2.24) is 10.2 Å². The summed E-state index contributed by atoms with van der Waals surface area (Å²) < 4.78 is 5.35. The van der Waals surface area contributed by atoms with Gasteiger partial charge in [-0.25, -0.2) is 0 Å². The number of aryl methyl sites for hydroxylation is 1. The summed E-state index contributed by atoms with van der Waals surface area (Å²) in [7, 11) is 1.74. The zero-order chi connectivity index (χ0) is 18.9. The number of carbonyl (C=O) groups is 2. The molecule has 5 nitrogen and oxygen atoms in total. The van der Waals surface area contributed by atoms with Crippen molar-refractivity contribution in [3.8, 4) is 5.75 Å². The summed E-state index contributed by atoms with van der Waals surface area (Å²) in [6.45, 7) is 5.07. The van der Waals surface area contributed by atoms with Gasteiger partial charge in [0.25, 0.3) is 5.91 Å². The Kier molecular flexibility index (Phi) is 7.21. The summed E-state index contributed by atoms with van der Waals surface area (Å²) in [4.78, 5) is 26.0. The van der Waals surface area contributed by atoms with E-state index in [2.05, 4.69) is 24.4 Å². The monoisotopic (exact) mass is 354 g/mol. The van der Waals surface area contributed by atoms with Crippen molar-refractivity contribution in [2.45, 2.75) is 26.8 Å². The lowest BCUT2D eigenvalue weighted by atomic mass is 10.1. The molecule has 1 N–H and O–H groups in total. The van der Waals surface area contributed by atoms with E-state index in [-0.39, 0.29) is 18.4 Å². The van der Waals surface area contributed by atoms with Crippen LogP contribution in [0.3, 0.4) is 0 Å². The maximum absolute atomic E-state index is 12.2. The minimum atomic E-state index is -0.276. The number of ether oxygens (including phenoxy) is 1. The van der Waals surface area contributed by atoms with E-state index in [1.165, 1.54) is 5.56 Å². The molecule has 0 saturated heterocycles. The first-order chi connectivity index (χ1) is 12.5. The van der Waals surface area contributed by atoms with Gasteiger partial charge >= 0.3 is 0 Å². The second-order valence-electron chi connectivity index (χ2n) is 6.06. The van der Waals surface area contributed by atoms with Crippen molar-refractivity contribution in [2.75, 3.05) is 20.2 Å². The molecule has 5 heteroatoms. The molecule has 0 radical (unpaired) electrons. The molecule has 0 bridgehead atoms. The number of hydrogen-bond donors (Lipinski definition) is 1. The molecule has 0 aliphatic carbocycles. The Morgan fingerprint density at radius 3 is 2.15 bits per heavy atom. The molecule has 138 valence electrons. The van der Waals surface area contributed by atoms with Crippen LogP contribution in [0.25, 0.3) is 0 Å². The highest BCUT2D eigenvalue weighted by atomic mass is 16.5. The smallest absolute Gasteiger partial charge is 0.251 e. The molecule has 2 rings (SSSR count). The molecule has 0 fully saturated rings. The average molecular weight is 354 g/mol. The van der Waals surface area contributed by atoms with Crippen molar-refractivity contribution >= 4 is 11.8 Å². The van der Waals surface area contributed by atoms with Crippen LogP contribution in [0.2, 0.25) is 0 Å². The summed E-state index contributed by atoms with van der Waals surface area (Å²) in [6, 6.07) is 15.1. The third-order valence-corrected chi connectivity index (χ3v) is 4.10. The predicted octanol–water partition coefficient (Wildman–Crippen LogP) is 3.04. The molecule has 0 aliphatic heterocycles. The summed E-state index contributed by atoms with van der Waals surface area (Å²) in [5, 5.41) is 2.66. The van der Waals surface area contributed by atoms with Crippen molar-refractivity contribution < 1.29 is 14.3 Å². The number of carbonyl (C=O) groups excluding carboxylic acids is 2. The van der Waals surface area contributed by atoms with E-state index >= 15 is 0 Å². The van der Waals surface area contributed by atoms with Crippen LogP contribution >= 0.6 is 0 Å². The van der Waals surface area contributed by atoms with Gasteiger partial charge in [-0.2, -0.15) is 0 Å². The minimum absolute atomic E-state index is 0.0322. The first-order valence-corrected chi connectivity index (χ1v) is 8.86. The van der Waals surface area contributed by atoms with Crippen LogP contribution < -0.4 is 10.1 Å². The average Bonchev–Trinajstić information content (AvgIpc) is 2.67. The predicted molar refractivity (Wildman–Crippen MR) is 102 cm³/mol. The van der Waals surface area contributed by atoms with Crippen molar-refractivity contribution in [3.63, 3.8) is 0 Å². The second kappa shape index (κ2) is 9.61. The molecule has 2 aromatic rings. The summed E-state index contributed by atoms with van der Waals surface area (Å²) in [5.74, 6) is 0.305. The second-order valence-corrected chi connectivity index (χ2v) is 6.06. The van der Waals surface area contributed by atoms with Crippen LogP contribution in [0.1, 0.15) is 35.3 Å². The van der Waals surface area contributed by atoms with Crippen LogP contribution in [0, 0.1) is 0 Å². The van der Waals surface area contributed by atoms with Gasteiger partial charge in [-0.3, -0.25) is 9.59 Å². The van der Waals surface area contributed by atoms with E-state index in [4.69, 9.17) is 4.74 Å². The number of likely N-dealkylation sites (N-methyl/N-ethyl adjacent to an activating group) is 1. The number of benzene rings is 2. The fourth-order valence-electron chi connectivity index (χ4n) is 2.50. The Morgan fingerprint density at radius 1 is 0.962 bits per heavy atom. The highest BCUT2D eigenvalue weighted by Crippen LogP contribution is 2.12. The van der Waals surface area contributed by atoms with Gasteiger partial charge in [0.05, 0.1) is 13.2 Å². The Morgan fingerprint density at radius 2 is 1.58 bits per heavy atom. The quantitative estimate of drug-likeness (QED) is 0.793. The van der Waals surface area contributed by atoms with E-state index in [0.717, 1.165) is 12.0 Å². The Labute approximate surface area is 155 Å². The Balaban J connectivity index is 1.83. The number of hydrogen-bond acceptors (Lipinski definition) is 3. The molecular weight excluding hydrogens is 328 g/mol. The highest BCUT2D eigenvalue weighted by Gasteiger charge is 2.12. The normalized spacial score (nSPS) is 10.3. The number of nitrogens with zero attached hydrogens (tertiary/aromatic N) is 1. The molecule has 0 spiro atoms. The molecule has 2 aromatic carbocycles. The Bertz CT molecular complexity index is 724. The fourth-order valence-corrected chi connectivity index (χ4v) is 2.50. The van der Waals surface area contributed by atoms with Gasteiger partial charge in [-0.1, -0.05) is 31.2 Å². The lowest BCUT2D eigenvalue weighted by Gasteiger charge is -2.18. The third-order valence-electron chi connectivity index (χ3n) is 4.10. The lowest BCUT2D eigenvalue weighted by Crippen LogP contribution is -2.37. The van der Waals surface area contributed by atoms with Crippen molar-refractivity contribution in [1.29, 1.82) is 0 Å². The summed E-state index contributed by atoms with van der Waals surface area (Å²) in [5.41, 5.74) is 2.83. The van der Waals surface area contributed by atoms with Gasteiger partial charge in [0.15, 0.2) is 0 Å². The molecule has 0 atom stereocenters. The Hall–Kier alpha value is -2.82. The largest absolute Gasteiger partial charge is 0.494 e. The van der Waals surface area contributed by atoms with Crippen LogP contribution in [0.4, 0.5) is 0 Å². The van der Waals surface area contributed by atoms with E-state index < -0.39 is 0 Å². The number of rotatable bonds is 8. The molecular formula is C21H26N2O3. The summed E-state index contributed by atoms with van der Waals surface area (Å²) in [6.07, 6.45) is 0.993. The van der Waals surface area contributed by atoms with Gasteiger partial charge < -0.3 is 15.0 Å². The van der Waals surface area contributed by atoms with Crippen LogP contribution in [-0.2, 0) is 17.8 Å². The molecule has 0 saturated carbocycles. The number of amides is 2. The molecule has 0 aromatic heterocycles. The van der Waals surface area contributed by atoms with Gasteiger partial charge in [0, 0.05) is 19.2 Å². The molecule has 0 unspecified atom stereocenters. The van der Waals surface area contributed by atoms with Gasteiger partial charge in [0.1, 0.15) is 5.75 Å². The van der Waals surface area contributed by atoms with Gasteiger partial charge in [-0.15, -0.1) is 0 Å². The van der Waals surface area contributed by atoms with E-state index in [9.17, 15) is 9.59 Å². The molecule has 0 aliphatic rings. The minimum Gasteiger partial charge on any atom is -0.494 e. The van der Waals surface area contributed by atoms with Crippen LogP contribution in [0.5, 0.6) is 5.75 Å². The molecule has 2 amide bonds. The van der Waals surface area contributed by atoms with Crippen LogP contribution in [-0.4, -0.2) is 36.9 Å². The van der Waals surface area contributed by atoms with Crippen LogP contribution in [0.15, 0.2) is 48.5 Å². The zero-order valence-electron chi connectivity index (χ0n) is 15.6. The number of nitrogens with one attached hydrogen (secondary N) is 1. The zero-order valence-corrected chi connectivity index (χ0v) is 15.6. The first kappa shape index (κ1) is 19.5. The fraction of sp³-hybridized carbons (Fsp3) is 0.333. The third kappa shape index (κ3) is 5.62. The van der Waals surface area contributed by atoms with E-state index in [1.54, 1.807) is 36.2 Å². The van der Waals surface area contributed by atoms with Gasteiger partial charge in [0.2, 0.25) is 5.91 Å². The first-order valence-electron chi connectivity index (χ1n) is 8.86. The lowest BCUT2D eigenvalue weighted by molar-refractivity contribution is -0.129. The summed E-state index contributed by atoms with van der Waals surface area (Å²) >= 11 is 0. The van der Waals surface area contributed by atoms with Crippen molar-refractivity contribution in [2.24, 2.45) is 0 Å². The highest BCUT2D eigenvalue weighted by molar-refractivity contribution is 5.96. The maximum Gasteiger partial charge on any atom is 0.251 e. The molecule has 26 heavy (non-hydrogen) atoms. The van der Waals surface area contributed by atoms with E-state index in [0.29, 0.717) is 24.5 Å². The standard InChI is InChI=1S/C21H26N2O3/c1-4-16-6-8-17(9-7-16)15-23(3)20(24)14-22-21(25)18-10-12-19(13-11-18)26-5-2/h6-13H,4-5,14-15H2,1-3H3,(H,22,25). The topological polar surface area (TPSA) is 58.6 Å². The maximum atomic E-state index is 12.2. The molecule has 0 heterocycles. The van der Waals surface area contributed by atoms with E-state index in [1.807, 2.05) is 19.1 Å². The van der Waals surface area contributed by atoms with Crippen molar-refractivity contribution in [3.05, 3.63) is 65.2 Å². The SMILES string of the molecule is CCOc1ccc(C(=O)NCC(=O)N(C)Cc2ccc(CC)cc2)cc1. The van der Waals surface area contributed by atoms with Gasteiger partial charge in [-0.05, 0) is 48.7 Å².